The molecular formula is C20H23N3O3S. The molecule has 2 aromatic rings. The molecule has 142 valence electrons. The van der Waals surface area contributed by atoms with E-state index in [-0.39, 0.29) is 17.7 Å². The van der Waals surface area contributed by atoms with E-state index in [1.165, 1.54) is 0 Å². The first-order valence-corrected chi connectivity index (χ1v) is 10.5. The lowest BCUT2D eigenvalue weighted by Gasteiger charge is -2.32. The predicted octanol–water partition coefficient (Wildman–Crippen LogP) is 2.62. The zero-order chi connectivity index (χ0) is 19.4. The van der Waals surface area contributed by atoms with Crippen molar-refractivity contribution in [1.29, 1.82) is 0 Å². The molecule has 1 aliphatic rings. The minimum absolute atomic E-state index is 0.102. The summed E-state index contributed by atoms with van der Waals surface area (Å²) in [6.07, 6.45) is 3.13. The van der Waals surface area contributed by atoms with Crippen LogP contribution in [0.25, 0.3) is 0 Å². The third-order valence-electron chi connectivity index (χ3n) is 4.65. The summed E-state index contributed by atoms with van der Waals surface area (Å²) in [6.45, 7) is 2.89. The van der Waals surface area contributed by atoms with Crippen LogP contribution in [0, 0.1) is 12.8 Å². The Kier molecular flexibility index (Phi) is 6.01. The number of hydrogen-bond donors (Lipinski definition) is 1. The number of amides is 2. The highest BCUT2D eigenvalue weighted by Crippen LogP contribution is 2.21. The van der Waals surface area contributed by atoms with Crippen LogP contribution < -0.4 is 5.32 Å². The van der Waals surface area contributed by atoms with Crippen molar-refractivity contribution in [3.8, 4) is 0 Å². The predicted molar refractivity (Wildman–Crippen MR) is 105 cm³/mol. The van der Waals surface area contributed by atoms with Gasteiger partial charge in [-0.05, 0) is 56.2 Å². The SMILES string of the molecule is Cc1cccc(NC(=O)C2CCCN(C(=O)c3ccc(S(C)=O)cc3)C2)n1. The van der Waals surface area contributed by atoms with Crippen LogP contribution in [0.15, 0.2) is 47.4 Å². The number of pyridine rings is 1. The van der Waals surface area contributed by atoms with Gasteiger partial charge >= 0.3 is 0 Å². The standard InChI is InChI=1S/C20H23N3O3S/c1-14-5-3-7-18(21-14)22-19(24)16-6-4-12-23(13-16)20(25)15-8-10-17(11-9-15)27(2)26/h3,5,7-11,16H,4,6,12-13H2,1-2H3,(H,21,22,24). The molecule has 1 aromatic carbocycles. The molecule has 0 saturated carbocycles. The van der Waals surface area contributed by atoms with Gasteiger partial charge in [-0.1, -0.05) is 6.07 Å². The lowest BCUT2D eigenvalue weighted by Crippen LogP contribution is -2.43. The molecule has 7 heteroatoms. The molecule has 27 heavy (non-hydrogen) atoms. The van der Waals surface area contributed by atoms with Gasteiger partial charge in [0.2, 0.25) is 5.91 Å². The fourth-order valence-electron chi connectivity index (χ4n) is 3.19. The van der Waals surface area contributed by atoms with Gasteiger partial charge in [0.1, 0.15) is 5.82 Å². The number of aromatic nitrogens is 1. The number of aryl methyl sites for hydroxylation is 1. The molecule has 1 fully saturated rings. The zero-order valence-corrected chi connectivity index (χ0v) is 16.3. The highest BCUT2D eigenvalue weighted by Gasteiger charge is 2.29. The number of rotatable bonds is 4. The minimum atomic E-state index is -1.07. The maximum Gasteiger partial charge on any atom is 0.253 e. The van der Waals surface area contributed by atoms with Gasteiger partial charge in [-0.15, -0.1) is 0 Å². The number of carbonyl (C=O) groups is 2. The quantitative estimate of drug-likeness (QED) is 0.877. The fourth-order valence-corrected chi connectivity index (χ4v) is 3.71. The van der Waals surface area contributed by atoms with Gasteiger partial charge in [-0.3, -0.25) is 13.8 Å². The third kappa shape index (κ3) is 4.80. The Morgan fingerprint density at radius 2 is 1.93 bits per heavy atom. The largest absolute Gasteiger partial charge is 0.338 e. The van der Waals surface area contributed by atoms with Crippen molar-refractivity contribution >= 4 is 28.4 Å². The van der Waals surface area contributed by atoms with Gasteiger partial charge in [-0.25, -0.2) is 4.98 Å². The molecule has 2 amide bonds. The second kappa shape index (κ2) is 8.43. The molecule has 0 radical (unpaired) electrons. The van der Waals surface area contributed by atoms with E-state index < -0.39 is 10.8 Å². The molecule has 0 spiro atoms. The van der Waals surface area contributed by atoms with Crippen LogP contribution in [0.3, 0.4) is 0 Å². The topological polar surface area (TPSA) is 79.4 Å². The van der Waals surface area contributed by atoms with E-state index in [0.29, 0.717) is 29.4 Å². The number of likely N-dealkylation sites (tertiary alicyclic amines) is 1. The van der Waals surface area contributed by atoms with Crippen molar-refractivity contribution in [2.45, 2.75) is 24.7 Å². The molecule has 2 unspecified atom stereocenters. The Bertz CT molecular complexity index is 867. The van der Waals surface area contributed by atoms with Gasteiger partial charge < -0.3 is 10.2 Å². The highest BCUT2D eigenvalue weighted by atomic mass is 32.2. The summed E-state index contributed by atoms with van der Waals surface area (Å²) in [6, 6.07) is 12.3. The van der Waals surface area contributed by atoms with Crippen molar-refractivity contribution in [3.05, 3.63) is 53.7 Å². The van der Waals surface area contributed by atoms with Gasteiger partial charge in [0.25, 0.3) is 5.91 Å². The number of hydrogen-bond acceptors (Lipinski definition) is 4. The molecule has 1 saturated heterocycles. The molecule has 1 N–H and O–H groups in total. The Morgan fingerprint density at radius 3 is 2.59 bits per heavy atom. The average molecular weight is 385 g/mol. The molecule has 2 heterocycles. The van der Waals surface area contributed by atoms with Gasteiger partial charge in [-0.2, -0.15) is 0 Å². The second-order valence-corrected chi connectivity index (χ2v) is 8.10. The number of piperidine rings is 1. The normalized spacial score (nSPS) is 18.0. The first-order valence-electron chi connectivity index (χ1n) is 8.91. The summed E-state index contributed by atoms with van der Waals surface area (Å²) in [7, 11) is -1.07. The number of carbonyl (C=O) groups excluding carboxylic acids is 2. The highest BCUT2D eigenvalue weighted by molar-refractivity contribution is 7.84. The lowest BCUT2D eigenvalue weighted by molar-refractivity contribution is -0.121. The summed E-state index contributed by atoms with van der Waals surface area (Å²) in [5.74, 6) is 0.0657. The lowest BCUT2D eigenvalue weighted by atomic mass is 9.96. The summed E-state index contributed by atoms with van der Waals surface area (Å²) in [4.78, 5) is 32.0. The van der Waals surface area contributed by atoms with Gasteiger partial charge in [0, 0.05) is 46.3 Å². The number of nitrogens with zero attached hydrogens (tertiary/aromatic N) is 2. The van der Waals surface area contributed by atoms with E-state index in [1.807, 2.05) is 19.1 Å². The van der Waals surface area contributed by atoms with Crippen LogP contribution in [0.5, 0.6) is 0 Å². The number of nitrogens with one attached hydrogen (secondary N) is 1. The first-order chi connectivity index (χ1) is 12.9. The van der Waals surface area contributed by atoms with Crippen molar-refractivity contribution in [3.63, 3.8) is 0 Å². The van der Waals surface area contributed by atoms with Crippen LogP contribution >= 0.6 is 0 Å². The van der Waals surface area contributed by atoms with E-state index >= 15 is 0 Å². The van der Waals surface area contributed by atoms with E-state index in [1.54, 1.807) is 41.5 Å². The molecule has 3 rings (SSSR count). The van der Waals surface area contributed by atoms with Gasteiger partial charge in [0.15, 0.2) is 0 Å². The summed E-state index contributed by atoms with van der Waals surface area (Å²) >= 11 is 0. The first kappa shape index (κ1) is 19.2. The molecule has 2 atom stereocenters. The van der Waals surface area contributed by atoms with E-state index in [0.717, 1.165) is 18.5 Å². The number of benzene rings is 1. The van der Waals surface area contributed by atoms with Crippen LogP contribution in [-0.2, 0) is 15.6 Å². The van der Waals surface area contributed by atoms with Crippen molar-refractivity contribution in [2.24, 2.45) is 5.92 Å². The monoisotopic (exact) mass is 385 g/mol. The molecule has 1 aromatic heterocycles. The molecule has 6 nitrogen and oxygen atoms in total. The van der Waals surface area contributed by atoms with Crippen molar-refractivity contribution < 1.29 is 13.8 Å². The zero-order valence-electron chi connectivity index (χ0n) is 15.5. The Hall–Kier alpha value is -2.54. The van der Waals surface area contributed by atoms with Crippen molar-refractivity contribution in [1.82, 2.24) is 9.88 Å². The van der Waals surface area contributed by atoms with E-state index in [9.17, 15) is 13.8 Å². The minimum Gasteiger partial charge on any atom is -0.338 e. The van der Waals surface area contributed by atoms with Crippen LogP contribution in [0.1, 0.15) is 28.9 Å². The average Bonchev–Trinajstić information content (AvgIpc) is 2.67. The van der Waals surface area contributed by atoms with Crippen LogP contribution in [-0.4, -0.2) is 45.3 Å². The Labute approximate surface area is 161 Å². The van der Waals surface area contributed by atoms with Gasteiger partial charge in [0.05, 0.1) is 5.92 Å². The summed E-state index contributed by atoms with van der Waals surface area (Å²) < 4.78 is 11.5. The molecule has 0 aliphatic carbocycles. The second-order valence-electron chi connectivity index (χ2n) is 6.72. The maximum atomic E-state index is 12.8. The van der Waals surface area contributed by atoms with Crippen LogP contribution in [0.4, 0.5) is 5.82 Å². The summed E-state index contributed by atoms with van der Waals surface area (Å²) in [5, 5.41) is 2.85. The fraction of sp³-hybridized carbons (Fsp3) is 0.350. The molecular weight excluding hydrogens is 362 g/mol. The van der Waals surface area contributed by atoms with Crippen molar-refractivity contribution in [2.75, 3.05) is 24.7 Å². The summed E-state index contributed by atoms with van der Waals surface area (Å²) in [5.41, 5.74) is 1.38. The number of anilines is 1. The Morgan fingerprint density at radius 1 is 1.19 bits per heavy atom. The third-order valence-corrected chi connectivity index (χ3v) is 5.59. The van der Waals surface area contributed by atoms with E-state index in [4.69, 9.17) is 0 Å². The van der Waals surface area contributed by atoms with E-state index in [2.05, 4.69) is 10.3 Å². The maximum absolute atomic E-state index is 12.8. The smallest absolute Gasteiger partial charge is 0.253 e. The Balaban J connectivity index is 1.65. The van der Waals surface area contributed by atoms with Crippen LogP contribution in [0.2, 0.25) is 0 Å². The molecule has 0 bridgehead atoms. The molecule has 1 aliphatic heterocycles.